The Morgan fingerprint density at radius 1 is 1.28 bits per heavy atom. The number of benzene rings is 1. The predicted octanol–water partition coefficient (Wildman–Crippen LogP) is 2.14. The van der Waals surface area contributed by atoms with Gasteiger partial charge in [-0.05, 0) is 43.7 Å². The predicted molar refractivity (Wildman–Crippen MR) is 104 cm³/mol. The molecule has 10 heteroatoms. The molecule has 4 rings (SSSR count). The summed E-state index contributed by atoms with van der Waals surface area (Å²) < 4.78 is 39.0. The van der Waals surface area contributed by atoms with Crippen molar-refractivity contribution < 1.29 is 17.6 Å². The van der Waals surface area contributed by atoms with Gasteiger partial charge in [-0.15, -0.1) is 10.2 Å². The molecule has 0 saturated carbocycles. The van der Waals surface area contributed by atoms with Gasteiger partial charge in [0, 0.05) is 28.6 Å². The van der Waals surface area contributed by atoms with Crippen LogP contribution in [-0.2, 0) is 16.4 Å². The second-order valence-electron chi connectivity index (χ2n) is 7.29. The molecule has 1 fully saturated rings. The Balaban J connectivity index is 1.55. The number of carbonyl (C=O) groups is 1. The van der Waals surface area contributed by atoms with E-state index < -0.39 is 15.7 Å². The lowest BCUT2D eigenvalue weighted by Gasteiger charge is -2.16. The van der Waals surface area contributed by atoms with Crippen molar-refractivity contribution in [2.45, 2.75) is 32.9 Å². The fourth-order valence-corrected chi connectivity index (χ4v) is 5.57. The van der Waals surface area contributed by atoms with Crippen molar-refractivity contribution in [1.29, 1.82) is 0 Å². The summed E-state index contributed by atoms with van der Waals surface area (Å²) in [4.78, 5) is 14.0. The molecule has 1 atom stereocenters. The highest BCUT2D eigenvalue weighted by Crippen LogP contribution is 2.29. The van der Waals surface area contributed by atoms with Crippen LogP contribution >= 0.6 is 0 Å². The van der Waals surface area contributed by atoms with Crippen LogP contribution in [0.1, 0.15) is 34.2 Å². The van der Waals surface area contributed by atoms with Gasteiger partial charge in [-0.25, -0.2) is 12.8 Å². The molecule has 3 heterocycles. The number of ketones is 1. The first-order valence-corrected chi connectivity index (χ1v) is 11.0. The molecule has 29 heavy (non-hydrogen) atoms. The van der Waals surface area contributed by atoms with Crippen LogP contribution in [0.25, 0.3) is 11.4 Å². The topological polar surface area (TPSA) is 99.7 Å². The Hall–Kier alpha value is -2.88. The van der Waals surface area contributed by atoms with E-state index in [1.54, 1.807) is 18.2 Å². The van der Waals surface area contributed by atoms with Crippen molar-refractivity contribution in [3.05, 3.63) is 53.1 Å². The average molecular weight is 417 g/mol. The molecule has 0 unspecified atom stereocenters. The van der Waals surface area contributed by atoms with E-state index in [1.807, 2.05) is 18.4 Å². The quantitative estimate of drug-likeness (QED) is 0.590. The van der Waals surface area contributed by atoms with Gasteiger partial charge in [0.1, 0.15) is 12.4 Å². The summed E-state index contributed by atoms with van der Waals surface area (Å²) >= 11 is 0. The Bertz CT molecular complexity index is 1200. The molecular formula is C19H20FN5O3S. The Morgan fingerprint density at radius 2 is 2.07 bits per heavy atom. The number of hydrogen-bond donors (Lipinski definition) is 0. The molecule has 1 aliphatic heterocycles. The minimum Gasteiger partial charge on any atom is -0.344 e. The third-order valence-electron chi connectivity index (χ3n) is 5.18. The van der Waals surface area contributed by atoms with Crippen molar-refractivity contribution in [2.24, 2.45) is 0 Å². The van der Waals surface area contributed by atoms with E-state index in [9.17, 15) is 17.6 Å². The summed E-state index contributed by atoms with van der Waals surface area (Å²) in [6, 6.07) is 7.46. The number of halogens is 1. The maximum absolute atomic E-state index is 13.4. The van der Waals surface area contributed by atoms with Crippen LogP contribution in [0, 0.1) is 19.7 Å². The Morgan fingerprint density at radius 3 is 2.76 bits per heavy atom. The van der Waals surface area contributed by atoms with Crippen molar-refractivity contribution in [2.75, 3.05) is 11.5 Å². The maximum atomic E-state index is 13.4. The SMILES string of the molecule is Cc1cc(C(=O)Cn2nnc(-c3cccc(F)c3)n2)c(C)n1[C@@H]1CCS(=O)(=O)C1. The van der Waals surface area contributed by atoms with Crippen LogP contribution in [0.5, 0.6) is 0 Å². The average Bonchev–Trinajstić information content (AvgIpc) is 3.33. The number of sulfone groups is 1. The number of tetrazole rings is 1. The molecule has 0 amide bonds. The molecule has 0 N–H and O–H groups in total. The minimum absolute atomic E-state index is 0.0959. The highest BCUT2D eigenvalue weighted by molar-refractivity contribution is 7.91. The number of rotatable bonds is 5. The van der Waals surface area contributed by atoms with Crippen molar-refractivity contribution in [3.8, 4) is 11.4 Å². The molecule has 0 radical (unpaired) electrons. The first-order valence-electron chi connectivity index (χ1n) is 9.19. The molecule has 2 aromatic heterocycles. The van der Waals surface area contributed by atoms with Gasteiger partial charge >= 0.3 is 0 Å². The Labute approximate surface area is 167 Å². The van der Waals surface area contributed by atoms with Crippen LogP contribution in [0.2, 0.25) is 0 Å². The van der Waals surface area contributed by atoms with Gasteiger partial charge in [0.2, 0.25) is 5.82 Å². The smallest absolute Gasteiger partial charge is 0.205 e. The number of hydrogen-bond acceptors (Lipinski definition) is 6. The van der Waals surface area contributed by atoms with E-state index >= 15 is 0 Å². The zero-order valence-electron chi connectivity index (χ0n) is 16.0. The highest BCUT2D eigenvalue weighted by atomic mass is 32.2. The van der Waals surface area contributed by atoms with E-state index in [0.717, 1.165) is 11.4 Å². The standard InChI is InChI=1S/C19H20FN5O3S/c1-12-8-17(13(2)25(12)16-6-7-29(27,28)11-16)18(26)10-24-22-19(21-23-24)14-4-3-5-15(20)9-14/h3-5,8-9,16H,6-7,10-11H2,1-2H3/t16-/m1/s1. The van der Waals surface area contributed by atoms with E-state index in [1.165, 1.54) is 16.9 Å². The number of Topliss-reactive ketones (excluding diaryl/α,β-unsaturated/α-hetero) is 1. The number of aryl methyl sites for hydroxylation is 1. The first-order chi connectivity index (χ1) is 13.7. The van der Waals surface area contributed by atoms with E-state index in [-0.39, 0.29) is 35.7 Å². The molecule has 0 bridgehead atoms. The summed E-state index contributed by atoms with van der Waals surface area (Å²) in [5.74, 6) is -0.105. The summed E-state index contributed by atoms with van der Waals surface area (Å²) in [6.07, 6.45) is 0.550. The lowest BCUT2D eigenvalue weighted by atomic mass is 10.1. The molecule has 0 spiro atoms. The lowest BCUT2D eigenvalue weighted by Crippen LogP contribution is -2.16. The van der Waals surface area contributed by atoms with E-state index in [4.69, 9.17) is 0 Å². The maximum Gasteiger partial charge on any atom is 0.205 e. The van der Waals surface area contributed by atoms with Crippen LogP contribution in [-0.4, -0.2) is 50.5 Å². The summed E-state index contributed by atoms with van der Waals surface area (Å²) in [5, 5.41) is 11.9. The number of aromatic nitrogens is 5. The second-order valence-corrected chi connectivity index (χ2v) is 9.52. The van der Waals surface area contributed by atoms with Crippen molar-refractivity contribution in [1.82, 2.24) is 24.8 Å². The number of carbonyl (C=O) groups excluding carboxylic acids is 1. The number of nitrogens with zero attached hydrogens (tertiary/aromatic N) is 5. The monoisotopic (exact) mass is 417 g/mol. The third kappa shape index (κ3) is 3.84. The second kappa shape index (κ2) is 7.18. The minimum atomic E-state index is -3.03. The first kappa shape index (κ1) is 19.4. The van der Waals surface area contributed by atoms with Crippen LogP contribution in [0.15, 0.2) is 30.3 Å². The fraction of sp³-hybridized carbons (Fsp3) is 0.368. The van der Waals surface area contributed by atoms with Crippen LogP contribution in [0.3, 0.4) is 0 Å². The van der Waals surface area contributed by atoms with Crippen LogP contribution in [0.4, 0.5) is 4.39 Å². The molecule has 8 nitrogen and oxygen atoms in total. The van der Waals surface area contributed by atoms with Crippen molar-refractivity contribution in [3.63, 3.8) is 0 Å². The summed E-state index contributed by atoms with van der Waals surface area (Å²) in [7, 11) is -3.03. The zero-order valence-corrected chi connectivity index (χ0v) is 16.9. The van der Waals surface area contributed by atoms with Gasteiger partial charge in [-0.3, -0.25) is 4.79 Å². The van der Waals surface area contributed by atoms with Gasteiger partial charge in [-0.1, -0.05) is 12.1 Å². The third-order valence-corrected chi connectivity index (χ3v) is 6.93. The van der Waals surface area contributed by atoms with Gasteiger partial charge in [0.05, 0.1) is 11.5 Å². The normalized spacial score (nSPS) is 18.2. The molecule has 1 aromatic carbocycles. The fourth-order valence-electron chi connectivity index (χ4n) is 3.87. The van der Waals surface area contributed by atoms with Gasteiger partial charge < -0.3 is 4.57 Å². The van der Waals surface area contributed by atoms with Crippen LogP contribution < -0.4 is 0 Å². The molecule has 1 saturated heterocycles. The molecule has 0 aliphatic carbocycles. The van der Waals surface area contributed by atoms with Crippen molar-refractivity contribution >= 4 is 15.6 Å². The molecule has 1 aliphatic rings. The summed E-state index contributed by atoms with van der Waals surface area (Å²) in [6.45, 7) is 3.57. The molecule has 3 aromatic rings. The summed E-state index contributed by atoms with van der Waals surface area (Å²) in [5.41, 5.74) is 2.57. The van der Waals surface area contributed by atoms with E-state index in [2.05, 4.69) is 15.4 Å². The Kier molecular flexibility index (Phi) is 4.81. The van der Waals surface area contributed by atoms with Gasteiger partial charge in [0.15, 0.2) is 15.6 Å². The molecule has 152 valence electrons. The molecular weight excluding hydrogens is 397 g/mol. The zero-order chi connectivity index (χ0) is 20.8. The van der Waals surface area contributed by atoms with Gasteiger partial charge in [-0.2, -0.15) is 4.80 Å². The highest BCUT2D eigenvalue weighted by Gasteiger charge is 2.31. The van der Waals surface area contributed by atoms with E-state index in [0.29, 0.717) is 17.5 Å². The van der Waals surface area contributed by atoms with Gasteiger partial charge in [0.25, 0.3) is 0 Å². The lowest BCUT2D eigenvalue weighted by molar-refractivity contribution is 0.0960. The largest absolute Gasteiger partial charge is 0.344 e.